The SMILES string of the molecule is Cc1ccc(COc2c(I)cc(/C=N\OCc3cccc([N+](=O)[O-])c3)cc2I)cc1. The Kier molecular flexibility index (Phi) is 8.02. The molecular formula is C22H18I2N2O4. The van der Waals surface area contributed by atoms with Gasteiger partial charge >= 0.3 is 0 Å². The van der Waals surface area contributed by atoms with Crippen molar-refractivity contribution in [3.63, 3.8) is 0 Å². The summed E-state index contributed by atoms with van der Waals surface area (Å²) >= 11 is 4.49. The summed E-state index contributed by atoms with van der Waals surface area (Å²) < 4.78 is 7.97. The van der Waals surface area contributed by atoms with Gasteiger partial charge in [0.05, 0.1) is 18.3 Å². The molecule has 3 rings (SSSR count). The van der Waals surface area contributed by atoms with Crippen LogP contribution >= 0.6 is 45.2 Å². The van der Waals surface area contributed by atoms with Gasteiger partial charge in [-0.1, -0.05) is 47.1 Å². The number of oxime groups is 1. The fourth-order valence-electron chi connectivity index (χ4n) is 2.60. The van der Waals surface area contributed by atoms with E-state index in [4.69, 9.17) is 9.57 Å². The minimum atomic E-state index is -0.431. The number of non-ortho nitro benzene ring substituents is 1. The van der Waals surface area contributed by atoms with Gasteiger partial charge in [-0.25, -0.2) is 0 Å². The van der Waals surface area contributed by atoms with Crippen LogP contribution in [0.3, 0.4) is 0 Å². The lowest BCUT2D eigenvalue weighted by Gasteiger charge is -2.11. The van der Waals surface area contributed by atoms with Gasteiger partial charge in [-0.2, -0.15) is 0 Å². The highest BCUT2D eigenvalue weighted by Gasteiger charge is 2.09. The van der Waals surface area contributed by atoms with Crippen LogP contribution in [0.15, 0.2) is 65.8 Å². The molecule has 0 bridgehead atoms. The summed E-state index contributed by atoms with van der Waals surface area (Å²) in [7, 11) is 0. The molecule has 0 aliphatic heterocycles. The molecular weight excluding hydrogens is 610 g/mol. The van der Waals surface area contributed by atoms with Gasteiger partial charge in [0.1, 0.15) is 19.0 Å². The van der Waals surface area contributed by atoms with Gasteiger partial charge in [0.25, 0.3) is 5.69 Å². The molecule has 0 amide bonds. The van der Waals surface area contributed by atoms with Crippen LogP contribution < -0.4 is 4.74 Å². The van der Waals surface area contributed by atoms with E-state index in [0.717, 1.165) is 24.0 Å². The fraction of sp³-hybridized carbons (Fsp3) is 0.136. The summed E-state index contributed by atoms with van der Waals surface area (Å²) in [5.74, 6) is 0.839. The van der Waals surface area contributed by atoms with Crippen LogP contribution in [0.25, 0.3) is 0 Å². The number of nitro groups is 1. The molecule has 0 aliphatic rings. The first-order valence-electron chi connectivity index (χ1n) is 8.98. The molecule has 0 fully saturated rings. The molecule has 0 saturated carbocycles. The van der Waals surface area contributed by atoms with Crippen LogP contribution in [0.1, 0.15) is 22.3 Å². The maximum Gasteiger partial charge on any atom is 0.269 e. The van der Waals surface area contributed by atoms with E-state index in [2.05, 4.69) is 81.5 Å². The summed E-state index contributed by atoms with van der Waals surface area (Å²) in [6, 6.07) is 18.5. The van der Waals surface area contributed by atoms with Gasteiger partial charge in [-0.3, -0.25) is 10.1 Å². The van der Waals surface area contributed by atoms with Crippen molar-refractivity contribution in [2.75, 3.05) is 0 Å². The van der Waals surface area contributed by atoms with E-state index in [1.54, 1.807) is 18.3 Å². The number of aryl methyl sites for hydroxylation is 1. The number of halogens is 2. The van der Waals surface area contributed by atoms with Crippen LogP contribution in [-0.4, -0.2) is 11.1 Å². The van der Waals surface area contributed by atoms with Crippen LogP contribution in [0.2, 0.25) is 0 Å². The summed E-state index contributed by atoms with van der Waals surface area (Å²) in [4.78, 5) is 15.7. The lowest BCUT2D eigenvalue weighted by Crippen LogP contribution is -2.00. The summed E-state index contributed by atoms with van der Waals surface area (Å²) in [5.41, 5.74) is 3.94. The van der Waals surface area contributed by atoms with Crippen molar-refractivity contribution in [3.8, 4) is 5.75 Å². The van der Waals surface area contributed by atoms with Crippen molar-refractivity contribution in [1.29, 1.82) is 0 Å². The monoisotopic (exact) mass is 628 g/mol. The molecule has 154 valence electrons. The Hall–Kier alpha value is -2.21. The number of ether oxygens (including phenoxy) is 1. The summed E-state index contributed by atoms with van der Waals surface area (Å²) in [5, 5.41) is 14.8. The van der Waals surface area contributed by atoms with Gasteiger partial charge in [-0.15, -0.1) is 0 Å². The fourth-order valence-corrected chi connectivity index (χ4v) is 4.73. The second kappa shape index (κ2) is 10.7. The van der Waals surface area contributed by atoms with E-state index >= 15 is 0 Å². The zero-order valence-electron chi connectivity index (χ0n) is 16.0. The van der Waals surface area contributed by atoms with Crippen molar-refractivity contribution >= 4 is 57.1 Å². The van der Waals surface area contributed by atoms with E-state index in [1.165, 1.54) is 17.7 Å². The lowest BCUT2D eigenvalue weighted by atomic mass is 10.2. The molecule has 0 saturated heterocycles. The van der Waals surface area contributed by atoms with Gasteiger partial charge in [-0.05, 0) is 80.9 Å². The van der Waals surface area contributed by atoms with Gasteiger partial charge in [0, 0.05) is 12.1 Å². The van der Waals surface area contributed by atoms with E-state index < -0.39 is 4.92 Å². The van der Waals surface area contributed by atoms with E-state index in [9.17, 15) is 10.1 Å². The number of rotatable bonds is 8. The lowest BCUT2D eigenvalue weighted by molar-refractivity contribution is -0.384. The van der Waals surface area contributed by atoms with Crippen LogP contribution in [0, 0.1) is 24.2 Å². The number of nitrogens with zero attached hydrogens (tertiary/aromatic N) is 2. The van der Waals surface area contributed by atoms with Crippen molar-refractivity contribution in [2.45, 2.75) is 20.1 Å². The van der Waals surface area contributed by atoms with E-state index in [1.807, 2.05) is 12.1 Å². The highest BCUT2D eigenvalue weighted by atomic mass is 127. The minimum absolute atomic E-state index is 0.0328. The van der Waals surface area contributed by atoms with Crippen molar-refractivity contribution in [2.24, 2.45) is 5.16 Å². The number of hydrogen-bond acceptors (Lipinski definition) is 5. The predicted molar refractivity (Wildman–Crippen MR) is 133 cm³/mol. The van der Waals surface area contributed by atoms with E-state index in [0.29, 0.717) is 12.2 Å². The quantitative estimate of drug-likeness (QED) is 0.128. The van der Waals surface area contributed by atoms with Gasteiger partial charge < -0.3 is 9.57 Å². The first-order chi connectivity index (χ1) is 14.4. The molecule has 0 aromatic heterocycles. The molecule has 8 heteroatoms. The second-order valence-electron chi connectivity index (χ2n) is 6.52. The van der Waals surface area contributed by atoms with E-state index in [-0.39, 0.29) is 12.3 Å². The second-order valence-corrected chi connectivity index (χ2v) is 8.85. The predicted octanol–water partition coefficient (Wildman–Crippen LogP) is 6.24. The molecule has 3 aromatic carbocycles. The normalized spacial score (nSPS) is 10.9. The molecule has 0 atom stereocenters. The Morgan fingerprint density at radius 1 is 1.00 bits per heavy atom. The third kappa shape index (κ3) is 6.39. The van der Waals surface area contributed by atoms with Crippen molar-refractivity contribution in [1.82, 2.24) is 0 Å². The Balaban J connectivity index is 1.59. The molecule has 30 heavy (non-hydrogen) atoms. The Bertz CT molecular complexity index is 1050. The molecule has 0 radical (unpaired) electrons. The maximum atomic E-state index is 10.8. The molecule has 6 nitrogen and oxygen atoms in total. The molecule has 0 spiro atoms. The molecule has 0 aliphatic carbocycles. The van der Waals surface area contributed by atoms with Crippen LogP contribution in [0.5, 0.6) is 5.75 Å². The third-order valence-electron chi connectivity index (χ3n) is 4.15. The zero-order chi connectivity index (χ0) is 21.5. The molecule has 0 unspecified atom stereocenters. The topological polar surface area (TPSA) is 74.0 Å². The first kappa shape index (κ1) is 22.5. The minimum Gasteiger partial charge on any atom is -0.487 e. The highest BCUT2D eigenvalue weighted by Crippen LogP contribution is 2.29. The Morgan fingerprint density at radius 3 is 2.37 bits per heavy atom. The largest absolute Gasteiger partial charge is 0.487 e. The summed E-state index contributed by atoms with van der Waals surface area (Å²) in [6.45, 7) is 2.72. The smallest absolute Gasteiger partial charge is 0.269 e. The Labute approximate surface area is 201 Å². The number of benzene rings is 3. The van der Waals surface area contributed by atoms with Crippen molar-refractivity contribution in [3.05, 3.63) is 100 Å². The maximum absolute atomic E-state index is 10.8. The highest BCUT2D eigenvalue weighted by molar-refractivity contribution is 14.1. The first-order valence-corrected chi connectivity index (χ1v) is 11.1. The number of hydrogen-bond donors (Lipinski definition) is 0. The zero-order valence-corrected chi connectivity index (χ0v) is 20.4. The third-order valence-corrected chi connectivity index (χ3v) is 5.76. The molecule has 3 aromatic rings. The average molecular weight is 628 g/mol. The summed E-state index contributed by atoms with van der Waals surface area (Å²) in [6.07, 6.45) is 1.62. The van der Waals surface area contributed by atoms with Crippen LogP contribution in [0.4, 0.5) is 5.69 Å². The van der Waals surface area contributed by atoms with Gasteiger partial charge in [0.15, 0.2) is 0 Å². The number of nitro benzene ring substituents is 1. The molecule has 0 N–H and O–H groups in total. The molecule has 0 heterocycles. The Morgan fingerprint density at radius 2 is 1.70 bits per heavy atom. The van der Waals surface area contributed by atoms with Gasteiger partial charge in [0.2, 0.25) is 0 Å². The van der Waals surface area contributed by atoms with Crippen molar-refractivity contribution < 1.29 is 14.5 Å². The standard InChI is InChI=1S/C22H18I2N2O4/c1-15-5-7-16(8-6-15)13-29-22-20(23)10-18(11-21(22)24)12-25-30-14-17-3-2-4-19(9-17)26(27)28/h2-12H,13-14H2,1H3/b25-12-. The van der Waals surface area contributed by atoms with Crippen LogP contribution in [-0.2, 0) is 18.1 Å². The average Bonchev–Trinajstić information content (AvgIpc) is 2.72.